The van der Waals surface area contributed by atoms with Crippen molar-refractivity contribution in [1.29, 1.82) is 0 Å². The third kappa shape index (κ3) is 4.48. The molecular formula is C19H23N3O3. The van der Waals surface area contributed by atoms with E-state index in [9.17, 15) is 4.79 Å². The van der Waals surface area contributed by atoms with E-state index in [1.807, 2.05) is 25.1 Å². The van der Waals surface area contributed by atoms with Crippen molar-refractivity contribution in [3.8, 4) is 5.75 Å². The molecule has 0 saturated carbocycles. The number of carbonyl (C=O) groups excluding carboxylic acids is 1. The molecule has 2 heterocycles. The third-order valence-corrected chi connectivity index (χ3v) is 4.15. The maximum atomic E-state index is 12.3. The van der Waals surface area contributed by atoms with E-state index in [1.54, 1.807) is 25.6 Å². The number of carbonyl (C=O) groups is 1. The van der Waals surface area contributed by atoms with Crippen LogP contribution in [0.15, 0.2) is 36.7 Å². The molecule has 6 nitrogen and oxygen atoms in total. The van der Waals surface area contributed by atoms with Crippen molar-refractivity contribution < 1.29 is 14.3 Å². The molecule has 2 aromatic rings. The number of amides is 1. The van der Waals surface area contributed by atoms with Crippen molar-refractivity contribution >= 4 is 17.3 Å². The lowest BCUT2D eigenvalue weighted by molar-refractivity contribution is 0.0857. The maximum Gasteiger partial charge on any atom is 0.253 e. The van der Waals surface area contributed by atoms with E-state index in [1.165, 1.54) is 0 Å². The normalized spacial score (nSPS) is 16.5. The largest absolute Gasteiger partial charge is 0.495 e. The van der Waals surface area contributed by atoms with Crippen molar-refractivity contribution in [3.05, 3.63) is 47.8 Å². The van der Waals surface area contributed by atoms with Crippen LogP contribution in [0, 0.1) is 6.92 Å². The monoisotopic (exact) mass is 341 g/mol. The zero-order valence-electron chi connectivity index (χ0n) is 14.5. The van der Waals surface area contributed by atoms with Gasteiger partial charge in [0, 0.05) is 19.3 Å². The number of pyridine rings is 1. The van der Waals surface area contributed by atoms with Crippen LogP contribution >= 0.6 is 0 Å². The van der Waals surface area contributed by atoms with Gasteiger partial charge in [0.15, 0.2) is 0 Å². The molecule has 1 amide bonds. The molecule has 6 heteroatoms. The van der Waals surface area contributed by atoms with Crippen molar-refractivity contribution in [3.63, 3.8) is 0 Å². The minimum absolute atomic E-state index is 0.120. The number of benzene rings is 1. The average Bonchev–Trinajstić information content (AvgIpc) is 3.14. The van der Waals surface area contributed by atoms with Crippen LogP contribution in [0.3, 0.4) is 0 Å². The molecule has 25 heavy (non-hydrogen) atoms. The first-order valence-corrected chi connectivity index (χ1v) is 8.42. The summed E-state index contributed by atoms with van der Waals surface area (Å²) in [6.07, 6.45) is 5.41. The maximum absolute atomic E-state index is 12.3. The fraction of sp³-hybridized carbons (Fsp3) is 0.368. The van der Waals surface area contributed by atoms with E-state index in [0.29, 0.717) is 12.1 Å². The standard InChI is InChI=1S/C19H23N3O3/c1-13-5-6-18(24-2)17(8-13)22-15-9-14(10-20-11-15)19(23)21-12-16-4-3-7-25-16/h5-6,8-11,16,22H,3-4,7,12H2,1-2H3,(H,21,23). The summed E-state index contributed by atoms with van der Waals surface area (Å²) in [6, 6.07) is 7.66. The van der Waals surface area contributed by atoms with E-state index in [-0.39, 0.29) is 12.0 Å². The average molecular weight is 341 g/mol. The van der Waals surface area contributed by atoms with Gasteiger partial charge in [-0.3, -0.25) is 9.78 Å². The molecule has 0 spiro atoms. The van der Waals surface area contributed by atoms with Crippen LogP contribution in [0.1, 0.15) is 28.8 Å². The summed E-state index contributed by atoms with van der Waals surface area (Å²) in [4.78, 5) is 16.5. The van der Waals surface area contributed by atoms with Crippen LogP contribution < -0.4 is 15.4 Å². The molecule has 2 N–H and O–H groups in total. The quantitative estimate of drug-likeness (QED) is 0.845. The van der Waals surface area contributed by atoms with Crippen LogP contribution in [-0.2, 0) is 4.74 Å². The fourth-order valence-electron chi connectivity index (χ4n) is 2.82. The molecule has 1 aromatic heterocycles. The second-order valence-electron chi connectivity index (χ2n) is 6.14. The summed E-state index contributed by atoms with van der Waals surface area (Å²) < 4.78 is 10.9. The van der Waals surface area contributed by atoms with Crippen molar-refractivity contribution in [2.45, 2.75) is 25.9 Å². The van der Waals surface area contributed by atoms with Gasteiger partial charge in [-0.2, -0.15) is 0 Å². The lowest BCUT2D eigenvalue weighted by Crippen LogP contribution is -2.31. The van der Waals surface area contributed by atoms with Gasteiger partial charge in [-0.1, -0.05) is 6.07 Å². The highest BCUT2D eigenvalue weighted by molar-refractivity contribution is 5.94. The van der Waals surface area contributed by atoms with Crippen LogP contribution in [0.4, 0.5) is 11.4 Å². The number of hydrogen-bond acceptors (Lipinski definition) is 5. The molecule has 1 fully saturated rings. The highest BCUT2D eigenvalue weighted by atomic mass is 16.5. The van der Waals surface area contributed by atoms with Crippen molar-refractivity contribution in [2.75, 3.05) is 25.6 Å². The van der Waals surface area contributed by atoms with Gasteiger partial charge in [0.1, 0.15) is 5.75 Å². The van der Waals surface area contributed by atoms with Crippen LogP contribution in [0.25, 0.3) is 0 Å². The van der Waals surface area contributed by atoms with Gasteiger partial charge in [0.25, 0.3) is 5.91 Å². The van der Waals surface area contributed by atoms with Gasteiger partial charge in [-0.05, 0) is 43.5 Å². The van der Waals surface area contributed by atoms with E-state index in [4.69, 9.17) is 9.47 Å². The second kappa shape index (κ2) is 7.98. The lowest BCUT2D eigenvalue weighted by atomic mass is 10.2. The van der Waals surface area contributed by atoms with Gasteiger partial charge >= 0.3 is 0 Å². The Morgan fingerprint density at radius 2 is 2.24 bits per heavy atom. The Labute approximate surface area is 147 Å². The number of methoxy groups -OCH3 is 1. The Balaban J connectivity index is 1.68. The summed E-state index contributed by atoms with van der Waals surface area (Å²) >= 11 is 0. The Hall–Kier alpha value is -2.60. The number of rotatable bonds is 6. The van der Waals surface area contributed by atoms with E-state index >= 15 is 0 Å². The second-order valence-corrected chi connectivity index (χ2v) is 6.14. The first-order chi connectivity index (χ1) is 12.2. The highest BCUT2D eigenvalue weighted by Crippen LogP contribution is 2.28. The minimum Gasteiger partial charge on any atom is -0.495 e. The SMILES string of the molecule is COc1ccc(C)cc1Nc1cncc(C(=O)NCC2CCCO2)c1. The third-order valence-electron chi connectivity index (χ3n) is 4.15. The van der Waals surface area contributed by atoms with Gasteiger partial charge in [0.2, 0.25) is 0 Å². The molecular weight excluding hydrogens is 318 g/mol. The molecule has 3 rings (SSSR count). The molecule has 1 aliphatic heterocycles. The molecule has 1 aliphatic rings. The molecule has 132 valence electrons. The number of aromatic nitrogens is 1. The van der Waals surface area contributed by atoms with E-state index in [2.05, 4.69) is 15.6 Å². The number of aryl methyl sites for hydroxylation is 1. The Morgan fingerprint density at radius 3 is 3.00 bits per heavy atom. The van der Waals surface area contributed by atoms with Crippen molar-refractivity contribution in [1.82, 2.24) is 10.3 Å². The molecule has 1 atom stereocenters. The molecule has 0 radical (unpaired) electrons. The summed E-state index contributed by atoms with van der Waals surface area (Å²) in [6.45, 7) is 3.32. The lowest BCUT2D eigenvalue weighted by Gasteiger charge is -2.13. The van der Waals surface area contributed by atoms with Gasteiger partial charge in [-0.25, -0.2) is 0 Å². The molecule has 1 unspecified atom stereocenters. The Kier molecular flexibility index (Phi) is 5.50. The topological polar surface area (TPSA) is 72.5 Å². The first kappa shape index (κ1) is 17.2. The molecule has 1 saturated heterocycles. The van der Waals surface area contributed by atoms with Gasteiger partial charge in [0.05, 0.1) is 36.3 Å². The van der Waals surface area contributed by atoms with Crippen LogP contribution in [0.2, 0.25) is 0 Å². The summed E-state index contributed by atoms with van der Waals surface area (Å²) in [5, 5.41) is 6.17. The fourth-order valence-corrected chi connectivity index (χ4v) is 2.82. The smallest absolute Gasteiger partial charge is 0.253 e. The van der Waals surface area contributed by atoms with Gasteiger partial charge < -0.3 is 20.1 Å². The van der Waals surface area contributed by atoms with Crippen LogP contribution in [-0.4, -0.2) is 37.3 Å². The van der Waals surface area contributed by atoms with Crippen molar-refractivity contribution in [2.24, 2.45) is 0 Å². The minimum atomic E-state index is -0.150. The van der Waals surface area contributed by atoms with Crippen LogP contribution in [0.5, 0.6) is 5.75 Å². The van der Waals surface area contributed by atoms with E-state index < -0.39 is 0 Å². The molecule has 1 aromatic carbocycles. The summed E-state index contributed by atoms with van der Waals surface area (Å²) in [5.74, 6) is 0.585. The first-order valence-electron chi connectivity index (χ1n) is 8.42. The van der Waals surface area contributed by atoms with Gasteiger partial charge in [-0.15, -0.1) is 0 Å². The highest BCUT2D eigenvalue weighted by Gasteiger charge is 2.17. The Bertz CT molecular complexity index is 742. The number of hydrogen-bond donors (Lipinski definition) is 2. The number of anilines is 2. The predicted octanol–water partition coefficient (Wildman–Crippen LogP) is 3.05. The number of nitrogens with one attached hydrogen (secondary N) is 2. The number of nitrogens with zero attached hydrogens (tertiary/aromatic N) is 1. The molecule has 0 aliphatic carbocycles. The number of ether oxygens (including phenoxy) is 2. The summed E-state index contributed by atoms with van der Waals surface area (Å²) in [7, 11) is 1.63. The Morgan fingerprint density at radius 1 is 1.36 bits per heavy atom. The summed E-state index contributed by atoms with van der Waals surface area (Å²) in [5.41, 5.74) is 3.19. The zero-order valence-corrected chi connectivity index (χ0v) is 14.5. The molecule has 0 bridgehead atoms. The van der Waals surface area contributed by atoms with E-state index in [0.717, 1.165) is 42.1 Å². The zero-order chi connectivity index (χ0) is 17.6. The predicted molar refractivity (Wildman–Crippen MR) is 96.6 cm³/mol.